The first-order chi connectivity index (χ1) is 8.04. The molecule has 1 aliphatic carbocycles. The van der Waals surface area contributed by atoms with Gasteiger partial charge in [0.15, 0.2) is 0 Å². The van der Waals surface area contributed by atoms with Crippen LogP contribution in [0, 0.1) is 16.7 Å². The van der Waals surface area contributed by atoms with E-state index in [0.29, 0.717) is 0 Å². The first-order valence-electron chi connectivity index (χ1n) is 6.71. The second-order valence-electron chi connectivity index (χ2n) is 5.87. The molecule has 0 aromatic carbocycles. The molecule has 0 radical (unpaired) electrons. The highest BCUT2D eigenvalue weighted by Crippen LogP contribution is 2.34. The van der Waals surface area contributed by atoms with Crippen LogP contribution in [0.4, 0.5) is 0 Å². The number of hydrogen-bond donors (Lipinski definition) is 1. The van der Waals surface area contributed by atoms with E-state index in [4.69, 9.17) is 10.00 Å². The van der Waals surface area contributed by atoms with Gasteiger partial charge in [-0.2, -0.15) is 5.26 Å². The van der Waals surface area contributed by atoms with Crippen LogP contribution in [0.5, 0.6) is 0 Å². The van der Waals surface area contributed by atoms with Gasteiger partial charge in [-0.25, -0.2) is 0 Å². The van der Waals surface area contributed by atoms with Gasteiger partial charge < -0.3 is 10.1 Å². The molecule has 0 saturated heterocycles. The average Bonchev–Trinajstić information content (AvgIpc) is 2.26. The summed E-state index contributed by atoms with van der Waals surface area (Å²) >= 11 is 0. The van der Waals surface area contributed by atoms with Crippen LogP contribution in [0.25, 0.3) is 0 Å². The first kappa shape index (κ1) is 14.5. The van der Waals surface area contributed by atoms with Crippen LogP contribution < -0.4 is 5.32 Å². The fourth-order valence-corrected chi connectivity index (χ4v) is 2.21. The van der Waals surface area contributed by atoms with Crippen molar-refractivity contribution in [2.24, 2.45) is 5.41 Å². The topological polar surface area (TPSA) is 45.0 Å². The SMILES string of the molecule is COC1(CNCCCCC(C)(C)C#N)CCC1. The summed E-state index contributed by atoms with van der Waals surface area (Å²) in [4.78, 5) is 0. The van der Waals surface area contributed by atoms with E-state index in [0.717, 1.165) is 32.4 Å². The van der Waals surface area contributed by atoms with E-state index in [2.05, 4.69) is 11.4 Å². The van der Waals surface area contributed by atoms with E-state index in [1.807, 2.05) is 21.0 Å². The number of ether oxygens (including phenoxy) is 1. The van der Waals surface area contributed by atoms with Gasteiger partial charge in [-0.1, -0.05) is 6.42 Å². The van der Waals surface area contributed by atoms with Gasteiger partial charge >= 0.3 is 0 Å². The fourth-order valence-electron chi connectivity index (χ4n) is 2.21. The molecule has 3 heteroatoms. The Bertz CT molecular complexity index is 258. The predicted octanol–water partition coefficient (Wildman–Crippen LogP) is 2.87. The summed E-state index contributed by atoms with van der Waals surface area (Å²) in [6.45, 7) is 6.03. The number of nitrogens with zero attached hydrogens (tertiary/aromatic N) is 1. The summed E-state index contributed by atoms with van der Waals surface area (Å²) in [7, 11) is 1.82. The highest BCUT2D eigenvalue weighted by molar-refractivity contribution is 4.92. The molecule has 0 atom stereocenters. The molecule has 17 heavy (non-hydrogen) atoms. The van der Waals surface area contributed by atoms with Gasteiger partial charge in [0.05, 0.1) is 17.1 Å². The van der Waals surface area contributed by atoms with Crippen LogP contribution >= 0.6 is 0 Å². The van der Waals surface area contributed by atoms with Crippen molar-refractivity contribution in [2.45, 2.75) is 58.0 Å². The summed E-state index contributed by atoms with van der Waals surface area (Å²) < 4.78 is 5.55. The molecule has 0 heterocycles. The number of hydrogen-bond acceptors (Lipinski definition) is 3. The average molecular weight is 238 g/mol. The zero-order valence-electron chi connectivity index (χ0n) is 11.5. The van der Waals surface area contributed by atoms with Crippen LogP contribution in [-0.2, 0) is 4.74 Å². The van der Waals surface area contributed by atoms with Gasteiger partial charge in [0.1, 0.15) is 0 Å². The summed E-state index contributed by atoms with van der Waals surface area (Å²) in [6, 6.07) is 2.34. The maximum absolute atomic E-state index is 8.89. The van der Waals surface area contributed by atoms with Crippen molar-refractivity contribution in [1.82, 2.24) is 5.32 Å². The molecule has 98 valence electrons. The molecule has 0 aromatic heterocycles. The highest BCUT2D eigenvalue weighted by atomic mass is 16.5. The lowest BCUT2D eigenvalue weighted by Crippen LogP contribution is -2.48. The molecular formula is C14H26N2O. The Labute approximate surface area is 106 Å². The minimum absolute atomic E-state index is 0.131. The normalized spacial score (nSPS) is 18.5. The van der Waals surface area contributed by atoms with Crippen molar-refractivity contribution in [3.05, 3.63) is 0 Å². The number of unbranched alkanes of at least 4 members (excludes halogenated alkanes) is 1. The van der Waals surface area contributed by atoms with Crippen LogP contribution in [0.15, 0.2) is 0 Å². The molecule has 0 aliphatic heterocycles. The molecule has 1 fully saturated rings. The Morgan fingerprint density at radius 3 is 2.53 bits per heavy atom. The molecule has 1 rings (SSSR count). The Morgan fingerprint density at radius 1 is 1.35 bits per heavy atom. The Morgan fingerprint density at radius 2 is 2.06 bits per heavy atom. The zero-order chi connectivity index (χ0) is 12.8. The number of nitriles is 1. The molecule has 0 bridgehead atoms. The van der Waals surface area contributed by atoms with Gasteiger partial charge in [-0.15, -0.1) is 0 Å². The maximum Gasteiger partial charge on any atom is 0.0802 e. The number of methoxy groups -OCH3 is 1. The van der Waals surface area contributed by atoms with Crippen LogP contribution in [-0.4, -0.2) is 25.8 Å². The second kappa shape index (κ2) is 6.37. The number of rotatable bonds is 8. The third-order valence-corrected chi connectivity index (χ3v) is 3.85. The van der Waals surface area contributed by atoms with E-state index < -0.39 is 0 Å². The lowest BCUT2D eigenvalue weighted by atomic mass is 9.80. The molecule has 0 aromatic rings. The third kappa shape index (κ3) is 4.65. The molecule has 0 amide bonds. The third-order valence-electron chi connectivity index (χ3n) is 3.85. The Hall–Kier alpha value is -0.590. The minimum Gasteiger partial charge on any atom is -0.377 e. The van der Waals surface area contributed by atoms with Crippen molar-refractivity contribution in [2.75, 3.05) is 20.2 Å². The van der Waals surface area contributed by atoms with Gasteiger partial charge in [0.25, 0.3) is 0 Å². The molecular weight excluding hydrogens is 212 g/mol. The van der Waals surface area contributed by atoms with Crippen molar-refractivity contribution in [1.29, 1.82) is 5.26 Å². The molecule has 0 spiro atoms. The standard InChI is InChI=1S/C14H26N2O/c1-13(2,11-15)7-4-5-10-16-12-14(17-3)8-6-9-14/h16H,4-10,12H2,1-3H3. The van der Waals surface area contributed by atoms with Gasteiger partial charge in [0, 0.05) is 13.7 Å². The van der Waals surface area contributed by atoms with Crippen LogP contribution in [0.1, 0.15) is 52.4 Å². The largest absolute Gasteiger partial charge is 0.377 e. The van der Waals surface area contributed by atoms with Crippen molar-refractivity contribution in [3.8, 4) is 6.07 Å². The van der Waals surface area contributed by atoms with Gasteiger partial charge in [-0.3, -0.25) is 0 Å². The molecule has 1 N–H and O–H groups in total. The predicted molar refractivity (Wildman–Crippen MR) is 69.7 cm³/mol. The van der Waals surface area contributed by atoms with Crippen LogP contribution in [0.2, 0.25) is 0 Å². The number of nitrogens with one attached hydrogen (secondary N) is 1. The fraction of sp³-hybridized carbons (Fsp3) is 0.929. The van der Waals surface area contributed by atoms with E-state index in [-0.39, 0.29) is 11.0 Å². The maximum atomic E-state index is 8.89. The molecule has 0 unspecified atom stereocenters. The minimum atomic E-state index is -0.165. The highest BCUT2D eigenvalue weighted by Gasteiger charge is 2.36. The van der Waals surface area contributed by atoms with Crippen molar-refractivity contribution >= 4 is 0 Å². The summed E-state index contributed by atoms with van der Waals surface area (Å²) in [6.07, 6.45) is 6.93. The summed E-state index contributed by atoms with van der Waals surface area (Å²) in [5, 5.41) is 12.4. The lowest BCUT2D eigenvalue weighted by molar-refractivity contribution is -0.0692. The monoisotopic (exact) mass is 238 g/mol. The van der Waals surface area contributed by atoms with Crippen molar-refractivity contribution < 1.29 is 4.74 Å². The molecule has 1 aliphatic rings. The molecule has 1 saturated carbocycles. The second-order valence-corrected chi connectivity index (χ2v) is 5.87. The van der Waals surface area contributed by atoms with Crippen LogP contribution in [0.3, 0.4) is 0 Å². The first-order valence-corrected chi connectivity index (χ1v) is 6.71. The van der Waals surface area contributed by atoms with Crippen molar-refractivity contribution in [3.63, 3.8) is 0 Å². The quantitative estimate of drug-likeness (QED) is 0.661. The smallest absolute Gasteiger partial charge is 0.0802 e. The van der Waals surface area contributed by atoms with E-state index in [1.165, 1.54) is 19.3 Å². The summed E-state index contributed by atoms with van der Waals surface area (Å²) in [5.41, 5.74) is -0.0341. The summed E-state index contributed by atoms with van der Waals surface area (Å²) in [5.74, 6) is 0. The zero-order valence-corrected chi connectivity index (χ0v) is 11.5. The van der Waals surface area contributed by atoms with E-state index >= 15 is 0 Å². The Balaban J connectivity index is 2.00. The Kier molecular flexibility index (Phi) is 5.42. The lowest BCUT2D eigenvalue weighted by Gasteiger charge is -2.40. The molecule has 3 nitrogen and oxygen atoms in total. The van der Waals surface area contributed by atoms with E-state index in [9.17, 15) is 0 Å². The van der Waals surface area contributed by atoms with Gasteiger partial charge in [0.2, 0.25) is 0 Å². The van der Waals surface area contributed by atoms with Gasteiger partial charge in [-0.05, 0) is 52.5 Å². The van der Waals surface area contributed by atoms with E-state index in [1.54, 1.807) is 0 Å².